The van der Waals surface area contributed by atoms with Crippen molar-refractivity contribution >= 4 is 59.2 Å². The molecule has 7 amide bonds. The topological polar surface area (TPSA) is 343 Å². The first kappa shape index (κ1) is 63.4. The second kappa shape index (κ2) is 31.2. The van der Waals surface area contributed by atoms with E-state index >= 15 is 0 Å². The van der Waals surface area contributed by atoms with Crippen LogP contribution in [0.5, 0.6) is 0 Å². The van der Waals surface area contributed by atoms with Crippen LogP contribution in [0.25, 0.3) is 0 Å². The Morgan fingerprint density at radius 2 is 1.35 bits per heavy atom. The predicted molar refractivity (Wildman–Crippen MR) is 289 cm³/mol. The lowest BCUT2D eigenvalue weighted by atomic mass is 9.94. The molecule has 10 atom stereocenters. The number of nitrogens with zero attached hydrogens (tertiary/aromatic N) is 2. The smallest absolute Gasteiger partial charge is 0.327 e. The van der Waals surface area contributed by atoms with Gasteiger partial charge in [-0.05, 0) is 56.1 Å². The summed E-state index contributed by atoms with van der Waals surface area (Å²) in [7, 11) is 2.84. The molecule has 12 N–H and O–H groups in total. The molecule has 22 nitrogen and oxygen atoms in total. The van der Waals surface area contributed by atoms with Crippen molar-refractivity contribution in [2.24, 2.45) is 40.1 Å². The quantitative estimate of drug-likeness (QED) is 0.0356. The van der Waals surface area contributed by atoms with Gasteiger partial charge in [-0.15, -0.1) is 0 Å². The molecule has 1 heterocycles. The van der Waals surface area contributed by atoms with Crippen LogP contribution in [0.3, 0.4) is 0 Å². The SMILES string of the molecule is C=C1C(=O)N[C@H](CC(C)C)C(=O)N[C@@H](Cc2ccccc2)C(=O)N[C@@H](C(=O)O)[C@H](C)C(=O)N[C@@H](CCCN=C(N)N)C(=O)N[C@@H](/C=C/C(C)=C/[C@H](C)[C@H](Cc2ccccc2)OC)[C@H](C)C(=O)N[C@@H](C(=O)O)CCC(=O)N1C. The summed E-state index contributed by atoms with van der Waals surface area (Å²) in [6.07, 6.45) is 4.47. The Labute approximate surface area is 450 Å². The number of hydrogen-bond acceptors (Lipinski definition) is 11. The van der Waals surface area contributed by atoms with Gasteiger partial charge in [0.25, 0.3) is 5.91 Å². The van der Waals surface area contributed by atoms with Crippen LogP contribution in [0.4, 0.5) is 0 Å². The number of carboxylic acid groups (broad SMARTS) is 2. The maximum Gasteiger partial charge on any atom is 0.327 e. The molecule has 1 fully saturated rings. The molecule has 2 aromatic carbocycles. The highest BCUT2D eigenvalue weighted by Gasteiger charge is 2.38. The number of carbonyl (C=O) groups is 9. The summed E-state index contributed by atoms with van der Waals surface area (Å²) < 4.78 is 5.83. The lowest BCUT2D eigenvalue weighted by molar-refractivity contribution is -0.146. The Balaban J connectivity index is 2.18. The molecule has 1 aliphatic rings. The number of amides is 7. The molecule has 0 spiro atoms. The average Bonchev–Trinajstić information content (AvgIpc) is 3.38. The van der Waals surface area contributed by atoms with Crippen molar-refractivity contribution in [1.29, 1.82) is 0 Å². The van der Waals surface area contributed by atoms with E-state index in [0.717, 1.165) is 10.5 Å². The highest BCUT2D eigenvalue weighted by atomic mass is 16.5. The minimum Gasteiger partial charge on any atom is -0.480 e. The molecular formula is C55H78N10O12. The summed E-state index contributed by atoms with van der Waals surface area (Å²) in [5.41, 5.74) is 13.0. The maximum absolute atomic E-state index is 14.5. The molecule has 2 aromatic rings. The van der Waals surface area contributed by atoms with Gasteiger partial charge < -0.3 is 63.2 Å². The second-order valence-electron chi connectivity index (χ2n) is 19.8. The van der Waals surface area contributed by atoms with E-state index in [9.17, 15) is 53.4 Å². The molecule has 0 radical (unpaired) electrons. The van der Waals surface area contributed by atoms with Crippen LogP contribution in [0.15, 0.2) is 102 Å². The van der Waals surface area contributed by atoms with Crippen LogP contribution in [-0.4, -0.2) is 137 Å². The number of hydrogen-bond donors (Lipinski definition) is 10. The molecule has 3 rings (SSSR count). The molecule has 22 heteroatoms. The number of aliphatic carboxylic acids is 2. The fourth-order valence-electron chi connectivity index (χ4n) is 8.39. The number of ether oxygens (including phenoxy) is 1. The van der Waals surface area contributed by atoms with Crippen LogP contribution < -0.4 is 43.4 Å². The summed E-state index contributed by atoms with van der Waals surface area (Å²) in [6.45, 7) is 13.7. The van der Waals surface area contributed by atoms with Crippen molar-refractivity contribution in [2.45, 2.75) is 129 Å². The minimum atomic E-state index is -1.93. The molecule has 77 heavy (non-hydrogen) atoms. The molecule has 0 saturated carbocycles. The first-order chi connectivity index (χ1) is 36.3. The van der Waals surface area contributed by atoms with E-state index in [1.165, 1.54) is 27.0 Å². The summed E-state index contributed by atoms with van der Waals surface area (Å²) in [4.78, 5) is 129. The predicted octanol–water partition coefficient (Wildman–Crippen LogP) is 1.84. The monoisotopic (exact) mass is 1070 g/mol. The number of guanidine groups is 1. The van der Waals surface area contributed by atoms with Crippen molar-refractivity contribution < 1.29 is 58.1 Å². The van der Waals surface area contributed by atoms with Gasteiger partial charge in [-0.1, -0.05) is 126 Å². The van der Waals surface area contributed by atoms with Crippen LogP contribution in [0.1, 0.15) is 84.8 Å². The first-order valence-corrected chi connectivity index (χ1v) is 25.6. The standard InChI is InChI=1S/C55H78N10O12/c1-31(2)27-42-51(71)63-43(29-37-17-12-10-13-18-37)52(72)64-46(54(75)76)35(6)48(68)60-40(21-16-26-58-55(56)57)50(70)59-39(23-22-32(3)28-33(4)44(77-9)30-38-19-14-11-15-20-38)34(5)47(67)61-41(53(73)74)24-25-45(66)65(8)36(7)49(69)62-42/h10-15,17-20,22-23,28,31,33-35,39-44,46H,7,16,21,24-27,29-30H2,1-6,8-9H3,(H,59,70)(H,60,68)(H,61,67)(H,62,69)(H,63,71)(H,64,72)(H,73,74)(H,75,76)(H4,56,57,58)/b23-22+,32-28+/t33-,34-,35-,39-,40-,41+,42+,43-,44-,46+/m0/s1. The Kier molecular flexibility index (Phi) is 25.7. The first-order valence-electron chi connectivity index (χ1n) is 25.6. The fraction of sp³-hybridized carbons (Fsp3) is 0.491. The van der Waals surface area contributed by atoms with E-state index in [0.29, 0.717) is 17.6 Å². The highest BCUT2D eigenvalue weighted by molar-refractivity contribution is 6.00. The van der Waals surface area contributed by atoms with E-state index in [1.807, 2.05) is 43.3 Å². The molecule has 0 unspecified atom stereocenters. The van der Waals surface area contributed by atoms with Crippen LogP contribution in [-0.2, 0) is 60.7 Å². The number of nitrogens with one attached hydrogen (secondary N) is 6. The van der Waals surface area contributed by atoms with E-state index in [4.69, 9.17) is 16.2 Å². The third kappa shape index (κ3) is 21.0. The average molecular weight is 1070 g/mol. The Morgan fingerprint density at radius 1 is 0.779 bits per heavy atom. The summed E-state index contributed by atoms with van der Waals surface area (Å²) in [5.74, 6) is -12.7. The molecule has 0 aromatic heterocycles. The molecule has 0 aliphatic carbocycles. The zero-order valence-corrected chi connectivity index (χ0v) is 45.2. The number of carbonyl (C=O) groups excluding carboxylic acids is 7. The third-order valence-electron chi connectivity index (χ3n) is 13.1. The molecule has 1 aliphatic heterocycles. The number of aliphatic imine (C=N–C) groups is 1. The second-order valence-corrected chi connectivity index (χ2v) is 19.8. The lowest BCUT2D eigenvalue weighted by Crippen LogP contribution is -2.59. The van der Waals surface area contributed by atoms with E-state index in [2.05, 4.69) is 43.5 Å². The van der Waals surface area contributed by atoms with Crippen LogP contribution in [0, 0.1) is 23.7 Å². The van der Waals surface area contributed by atoms with Crippen LogP contribution in [0.2, 0.25) is 0 Å². The summed E-state index contributed by atoms with van der Waals surface area (Å²) in [5, 5.41) is 36.2. The fourth-order valence-corrected chi connectivity index (χ4v) is 8.39. The normalized spacial score (nSPS) is 24.2. The van der Waals surface area contributed by atoms with E-state index in [1.54, 1.807) is 64.3 Å². The molecule has 1 saturated heterocycles. The zero-order valence-electron chi connectivity index (χ0n) is 45.2. The number of allylic oxidation sites excluding steroid dienone is 2. The highest BCUT2D eigenvalue weighted by Crippen LogP contribution is 2.19. The zero-order chi connectivity index (χ0) is 57.5. The number of methoxy groups -OCH3 is 1. The Hall–Kier alpha value is -7.88. The van der Waals surface area contributed by atoms with Gasteiger partial charge in [-0.25, -0.2) is 9.59 Å². The van der Waals surface area contributed by atoms with Crippen molar-refractivity contribution in [1.82, 2.24) is 36.8 Å². The van der Waals surface area contributed by atoms with Gasteiger partial charge in [0, 0.05) is 39.5 Å². The van der Waals surface area contributed by atoms with Crippen molar-refractivity contribution in [3.8, 4) is 0 Å². The Morgan fingerprint density at radius 3 is 1.92 bits per heavy atom. The summed E-state index contributed by atoms with van der Waals surface area (Å²) >= 11 is 0. The van der Waals surface area contributed by atoms with Gasteiger partial charge >= 0.3 is 11.9 Å². The molecular weight excluding hydrogens is 993 g/mol. The van der Waals surface area contributed by atoms with Gasteiger partial charge in [-0.2, -0.15) is 0 Å². The number of carboxylic acids is 2. The van der Waals surface area contributed by atoms with Crippen molar-refractivity contribution in [2.75, 3.05) is 20.7 Å². The van der Waals surface area contributed by atoms with E-state index < -0.39 is 120 Å². The van der Waals surface area contributed by atoms with Crippen LogP contribution >= 0.6 is 0 Å². The number of nitrogens with two attached hydrogens (primary N) is 2. The van der Waals surface area contributed by atoms with Crippen molar-refractivity contribution in [3.63, 3.8) is 0 Å². The van der Waals surface area contributed by atoms with Gasteiger partial charge in [-0.3, -0.25) is 38.6 Å². The third-order valence-corrected chi connectivity index (χ3v) is 13.1. The Bertz CT molecular complexity index is 2480. The number of rotatable bonds is 17. The number of likely N-dealkylation sites (N-methyl/N-ethyl adjacent to an activating group) is 1. The van der Waals surface area contributed by atoms with Crippen molar-refractivity contribution in [3.05, 3.63) is 108 Å². The maximum atomic E-state index is 14.5. The van der Waals surface area contributed by atoms with Gasteiger partial charge in [0.05, 0.1) is 24.0 Å². The lowest BCUT2D eigenvalue weighted by Gasteiger charge is -2.29. The minimum absolute atomic E-state index is 0.0155. The van der Waals surface area contributed by atoms with Gasteiger partial charge in [0.2, 0.25) is 35.4 Å². The summed E-state index contributed by atoms with van der Waals surface area (Å²) in [6, 6.07) is 9.27. The molecule has 0 bridgehead atoms. The number of benzene rings is 2. The van der Waals surface area contributed by atoms with E-state index in [-0.39, 0.29) is 56.1 Å². The van der Waals surface area contributed by atoms with Gasteiger partial charge in [0.15, 0.2) is 5.96 Å². The molecule has 420 valence electrons. The largest absolute Gasteiger partial charge is 0.480 e. The van der Waals surface area contributed by atoms with Gasteiger partial charge in [0.1, 0.15) is 35.9 Å².